The average Bonchev–Trinajstić information content (AvgIpc) is 3.39. The number of hydrogen-bond donors (Lipinski definition) is 1. The number of piperazine rings is 1. The van der Waals surface area contributed by atoms with Gasteiger partial charge in [-0.3, -0.25) is 4.79 Å². The first-order valence-electron chi connectivity index (χ1n) is 9.51. The number of rotatable bonds is 4. The molecule has 7 nitrogen and oxygen atoms in total. The van der Waals surface area contributed by atoms with Crippen molar-refractivity contribution < 1.29 is 4.79 Å². The molecule has 2 fully saturated rings. The molecule has 1 saturated carbocycles. The van der Waals surface area contributed by atoms with Gasteiger partial charge in [-0.1, -0.05) is 20.8 Å². The Labute approximate surface area is 164 Å². The van der Waals surface area contributed by atoms with Gasteiger partial charge in [-0.15, -0.1) is 0 Å². The highest BCUT2D eigenvalue weighted by Gasteiger charge is 2.29. The summed E-state index contributed by atoms with van der Waals surface area (Å²) in [6.07, 6.45) is 4.32. The van der Waals surface area contributed by atoms with E-state index in [0.717, 1.165) is 42.8 Å². The van der Waals surface area contributed by atoms with Crippen molar-refractivity contribution in [3.8, 4) is 0 Å². The van der Waals surface area contributed by atoms with E-state index in [1.165, 1.54) is 24.4 Å². The normalized spacial score (nSPS) is 17.9. The van der Waals surface area contributed by atoms with Gasteiger partial charge in [-0.25, -0.2) is 9.97 Å². The molecule has 27 heavy (non-hydrogen) atoms. The molecule has 3 heterocycles. The molecular weight excluding hydrogens is 360 g/mol. The third kappa shape index (κ3) is 4.21. The van der Waals surface area contributed by atoms with E-state index in [1.807, 2.05) is 39.1 Å². The molecule has 0 atom stereocenters. The predicted octanol–water partition coefficient (Wildman–Crippen LogP) is 3.12. The molecule has 0 unspecified atom stereocenters. The minimum Gasteiger partial charge on any atom is -0.367 e. The quantitative estimate of drug-likeness (QED) is 0.870. The molecule has 1 N–H and O–H groups in total. The summed E-state index contributed by atoms with van der Waals surface area (Å²) in [5, 5.41) is 3.92. The molecule has 1 aliphatic heterocycles. The Hall–Kier alpha value is -2.22. The lowest BCUT2D eigenvalue weighted by Gasteiger charge is -2.35. The average molecular weight is 387 g/mol. The van der Waals surface area contributed by atoms with Crippen molar-refractivity contribution in [2.24, 2.45) is 5.41 Å². The molecule has 8 heteroatoms. The molecule has 2 aromatic rings. The van der Waals surface area contributed by atoms with Gasteiger partial charge < -0.3 is 15.1 Å². The van der Waals surface area contributed by atoms with E-state index in [2.05, 4.69) is 24.5 Å². The second kappa shape index (κ2) is 7.07. The predicted molar refractivity (Wildman–Crippen MR) is 109 cm³/mol. The number of carbonyl (C=O) groups is 1. The Balaban J connectivity index is 1.33. The van der Waals surface area contributed by atoms with Crippen molar-refractivity contribution >= 4 is 34.1 Å². The Bertz CT molecular complexity index is 800. The molecule has 1 aliphatic carbocycles. The van der Waals surface area contributed by atoms with Crippen molar-refractivity contribution in [2.75, 3.05) is 41.3 Å². The molecule has 4 rings (SSSR count). The molecule has 1 saturated heterocycles. The smallest absolute Gasteiger partial charge is 0.230 e. The fourth-order valence-corrected chi connectivity index (χ4v) is 3.77. The van der Waals surface area contributed by atoms with E-state index < -0.39 is 5.41 Å². The number of nitrogens with one attached hydrogen (secondary N) is 1. The summed E-state index contributed by atoms with van der Waals surface area (Å²) in [6, 6.07) is 3.90. The molecule has 0 spiro atoms. The van der Waals surface area contributed by atoms with Crippen molar-refractivity contribution in [3.63, 3.8) is 0 Å². The second-order valence-corrected chi connectivity index (χ2v) is 9.02. The topological polar surface area (TPSA) is 74.2 Å². The van der Waals surface area contributed by atoms with Gasteiger partial charge in [0.1, 0.15) is 11.6 Å². The van der Waals surface area contributed by atoms with Crippen LogP contribution in [0.4, 0.5) is 16.6 Å². The van der Waals surface area contributed by atoms with Crippen LogP contribution in [0.1, 0.15) is 45.4 Å². The Morgan fingerprint density at radius 2 is 1.85 bits per heavy atom. The number of nitrogens with zero attached hydrogens (tertiary/aromatic N) is 5. The molecule has 0 aromatic carbocycles. The van der Waals surface area contributed by atoms with Crippen molar-refractivity contribution in [2.45, 2.75) is 39.5 Å². The molecule has 2 aliphatic rings. The molecular formula is C19H26N6OS. The molecule has 1 amide bonds. The van der Waals surface area contributed by atoms with Gasteiger partial charge in [0.05, 0.1) is 11.9 Å². The second-order valence-electron chi connectivity index (χ2n) is 8.29. The van der Waals surface area contributed by atoms with E-state index in [0.29, 0.717) is 11.7 Å². The zero-order valence-electron chi connectivity index (χ0n) is 16.1. The van der Waals surface area contributed by atoms with Crippen molar-refractivity contribution in [1.82, 2.24) is 14.3 Å². The number of anilines is 3. The largest absolute Gasteiger partial charge is 0.367 e. The molecule has 0 radical (unpaired) electrons. The van der Waals surface area contributed by atoms with Gasteiger partial charge in [-0.2, -0.15) is 4.37 Å². The lowest BCUT2D eigenvalue weighted by atomic mass is 9.96. The molecule has 2 aromatic heterocycles. The van der Waals surface area contributed by atoms with Crippen LogP contribution < -0.4 is 15.1 Å². The van der Waals surface area contributed by atoms with Gasteiger partial charge in [0.2, 0.25) is 11.0 Å². The van der Waals surface area contributed by atoms with Crippen LogP contribution in [-0.2, 0) is 4.79 Å². The summed E-state index contributed by atoms with van der Waals surface area (Å²) in [6.45, 7) is 9.39. The standard InChI is InChI=1S/C19H26N6OS/c1-19(2,3)17(26)21-15-7-6-14(12-20-15)24-8-10-25(11-9-24)18-22-16(23-27-18)13-4-5-13/h6-7,12-13H,4-5,8-11H2,1-3H3,(H,20,21,26). The van der Waals surface area contributed by atoms with Crippen LogP contribution in [0.5, 0.6) is 0 Å². The monoisotopic (exact) mass is 386 g/mol. The SMILES string of the molecule is CC(C)(C)C(=O)Nc1ccc(N2CCN(c3nc(C4CC4)ns3)CC2)cn1. The maximum absolute atomic E-state index is 12.1. The maximum atomic E-state index is 12.1. The summed E-state index contributed by atoms with van der Waals surface area (Å²) in [5.41, 5.74) is 0.653. The highest BCUT2D eigenvalue weighted by atomic mass is 32.1. The summed E-state index contributed by atoms with van der Waals surface area (Å²) in [7, 11) is 0. The van der Waals surface area contributed by atoms with Crippen LogP contribution in [0.15, 0.2) is 18.3 Å². The van der Waals surface area contributed by atoms with Crippen LogP contribution in [0.3, 0.4) is 0 Å². The first-order valence-corrected chi connectivity index (χ1v) is 10.3. The number of hydrogen-bond acceptors (Lipinski definition) is 7. The zero-order chi connectivity index (χ0) is 19.0. The van der Waals surface area contributed by atoms with Crippen LogP contribution in [-0.4, -0.2) is 46.4 Å². The van der Waals surface area contributed by atoms with Crippen molar-refractivity contribution in [3.05, 3.63) is 24.2 Å². The van der Waals surface area contributed by atoms with Crippen LogP contribution in [0, 0.1) is 5.41 Å². The fraction of sp³-hybridized carbons (Fsp3) is 0.579. The fourth-order valence-electron chi connectivity index (χ4n) is 2.97. The van der Waals surface area contributed by atoms with Gasteiger partial charge in [0.25, 0.3) is 0 Å². The van der Waals surface area contributed by atoms with Gasteiger partial charge >= 0.3 is 0 Å². The maximum Gasteiger partial charge on any atom is 0.230 e. The number of aromatic nitrogens is 3. The number of carbonyl (C=O) groups excluding carboxylic acids is 1. The van der Waals surface area contributed by atoms with Crippen LogP contribution >= 0.6 is 11.5 Å². The Morgan fingerprint density at radius 1 is 1.15 bits per heavy atom. The number of amides is 1. The van der Waals surface area contributed by atoms with Crippen molar-refractivity contribution in [1.29, 1.82) is 0 Å². The third-order valence-electron chi connectivity index (χ3n) is 4.96. The van der Waals surface area contributed by atoms with E-state index >= 15 is 0 Å². The summed E-state index contributed by atoms with van der Waals surface area (Å²) in [5.74, 6) is 2.21. The highest BCUT2D eigenvalue weighted by molar-refractivity contribution is 7.09. The van der Waals surface area contributed by atoms with E-state index in [1.54, 1.807) is 0 Å². The van der Waals surface area contributed by atoms with E-state index in [4.69, 9.17) is 4.98 Å². The molecule has 0 bridgehead atoms. The number of pyridine rings is 1. The zero-order valence-corrected chi connectivity index (χ0v) is 16.9. The third-order valence-corrected chi connectivity index (χ3v) is 5.75. The minimum absolute atomic E-state index is 0.0287. The lowest BCUT2D eigenvalue weighted by molar-refractivity contribution is -0.123. The van der Waals surface area contributed by atoms with Crippen LogP contribution in [0.2, 0.25) is 0 Å². The van der Waals surface area contributed by atoms with Gasteiger partial charge in [-0.05, 0) is 25.0 Å². The van der Waals surface area contributed by atoms with Crippen LogP contribution in [0.25, 0.3) is 0 Å². The highest BCUT2D eigenvalue weighted by Crippen LogP contribution is 2.39. The van der Waals surface area contributed by atoms with E-state index in [-0.39, 0.29) is 5.91 Å². The first kappa shape index (κ1) is 18.2. The Morgan fingerprint density at radius 3 is 2.44 bits per heavy atom. The lowest BCUT2D eigenvalue weighted by Crippen LogP contribution is -2.46. The Kier molecular flexibility index (Phi) is 4.75. The first-order chi connectivity index (χ1) is 12.9. The molecule has 144 valence electrons. The summed E-state index contributed by atoms with van der Waals surface area (Å²) >= 11 is 1.52. The van der Waals surface area contributed by atoms with Gasteiger partial charge in [0.15, 0.2) is 0 Å². The summed E-state index contributed by atoms with van der Waals surface area (Å²) < 4.78 is 4.51. The van der Waals surface area contributed by atoms with E-state index in [9.17, 15) is 4.79 Å². The summed E-state index contributed by atoms with van der Waals surface area (Å²) in [4.78, 5) is 25.8. The van der Waals surface area contributed by atoms with Gasteiger partial charge in [0, 0.05) is 49.0 Å². The minimum atomic E-state index is -0.430.